The summed E-state index contributed by atoms with van der Waals surface area (Å²) in [5.41, 5.74) is 3.13. The van der Waals surface area contributed by atoms with Crippen LogP contribution < -0.4 is 4.90 Å². The second-order valence-corrected chi connectivity index (χ2v) is 5.08. The molecular weight excluding hydrogens is 292 g/mol. The first-order valence-corrected chi connectivity index (χ1v) is 7.52. The number of anilines is 1. The molecule has 0 amide bonds. The summed E-state index contributed by atoms with van der Waals surface area (Å²) in [6.45, 7) is 3.65. The number of nitrogens with zero attached hydrogens (tertiary/aromatic N) is 2. The average molecular weight is 312 g/mol. The third-order valence-corrected chi connectivity index (χ3v) is 3.58. The van der Waals surface area contributed by atoms with Gasteiger partial charge in [-0.3, -0.25) is 10.1 Å². The van der Waals surface area contributed by atoms with Crippen LogP contribution in [0.5, 0.6) is 0 Å². The largest absolute Gasteiger partial charge is 0.395 e. The van der Waals surface area contributed by atoms with Crippen molar-refractivity contribution in [3.8, 4) is 0 Å². The van der Waals surface area contributed by atoms with Gasteiger partial charge in [-0.2, -0.15) is 0 Å². The lowest BCUT2D eigenvalue weighted by atomic mass is 10.1. The molecule has 0 aliphatic carbocycles. The molecule has 0 aromatic heterocycles. The Balaban J connectivity index is 2.06. The van der Waals surface area contributed by atoms with E-state index in [0.29, 0.717) is 6.54 Å². The highest BCUT2D eigenvalue weighted by Crippen LogP contribution is 2.17. The van der Waals surface area contributed by atoms with E-state index in [2.05, 4.69) is 11.8 Å². The molecule has 0 bridgehead atoms. The number of aliphatic hydroxyl groups excluding tert-OH is 1. The quantitative estimate of drug-likeness (QED) is 0.482. The van der Waals surface area contributed by atoms with E-state index in [9.17, 15) is 10.1 Å². The van der Waals surface area contributed by atoms with E-state index >= 15 is 0 Å². The highest BCUT2D eigenvalue weighted by atomic mass is 16.6. The maximum absolute atomic E-state index is 10.6. The summed E-state index contributed by atoms with van der Waals surface area (Å²) in [6.07, 6.45) is 3.89. The molecule has 0 atom stereocenters. The summed E-state index contributed by atoms with van der Waals surface area (Å²) >= 11 is 0. The van der Waals surface area contributed by atoms with Crippen molar-refractivity contribution in [3.05, 3.63) is 69.8 Å². The lowest BCUT2D eigenvalue weighted by Gasteiger charge is -2.21. The van der Waals surface area contributed by atoms with Gasteiger partial charge in [0.25, 0.3) is 5.69 Å². The molecule has 0 saturated heterocycles. The minimum absolute atomic E-state index is 0.0926. The summed E-state index contributed by atoms with van der Waals surface area (Å²) in [5, 5.41) is 19.7. The maximum Gasteiger partial charge on any atom is 0.269 e. The number of hydrogen-bond donors (Lipinski definition) is 1. The van der Waals surface area contributed by atoms with Gasteiger partial charge in [0, 0.05) is 30.9 Å². The lowest BCUT2D eigenvalue weighted by molar-refractivity contribution is -0.384. The van der Waals surface area contributed by atoms with Crippen molar-refractivity contribution in [2.75, 3.05) is 24.6 Å². The second kappa shape index (κ2) is 8.10. The number of aliphatic hydroxyl groups is 1. The van der Waals surface area contributed by atoms with Crippen LogP contribution in [0.2, 0.25) is 0 Å². The molecule has 2 rings (SSSR count). The molecule has 120 valence electrons. The third-order valence-electron chi connectivity index (χ3n) is 3.58. The Labute approximate surface area is 135 Å². The molecule has 2 aromatic carbocycles. The number of nitro benzene ring substituents is 1. The molecule has 5 nitrogen and oxygen atoms in total. The molecule has 0 fully saturated rings. The number of nitro groups is 1. The van der Waals surface area contributed by atoms with Crippen LogP contribution in [0.3, 0.4) is 0 Å². The number of benzene rings is 2. The fraction of sp³-hybridized carbons (Fsp3) is 0.222. The van der Waals surface area contributed by atoms with Crippen LogP contribution in [0.15, 0.2) is 48.5 Å². The summed E-state index contributed by atoms with van der Waals surface area (Å²) in [4.78, 5) is 12.3. The Bertz CT molecular complexity index is 664. The van der Waals surface area contributed by atoms with Crippen LogP contribution in [0.4, 0.5) is 11.4 Å². The van der Waals surface area contributed by atoms with Crippen molar-refractivity contribution in [3.63, 3.8) is 0 Å². The van der Waals surface area contributed by atoms with Gasteiger partial charge in [-0.25, -0.2) is 0 Å². The fourth-order valence-corrected chi connectivity index (χ4v) is 2.29. The minimum atomic E-state index is -0.405. The Morgan fingerprint density at radius 1 is 1.04 bits per heavy atom. The Kier molecular flexibility index (Phi) is 5.88. The van der Waals surface area contributed by atoms with E-state index in [-0.39, 0.29) is 12.3 Å². The maximum atomic E-state index is 10.6. The summed E-state index contributed by atoms with van der Waals surface area (Å²) in [7, 11) is 0. The van der Waals surface area contributed by atoms with Gasteiger partial charge in [0.1, 0.15) is 0 Å². The average Bonchev–Trinajstić information content (AvgIpc) is 2.59. The Morgan fingerprint density at radius 3 is 2.00 bits per heavy atom. The van der Waals surface area contributed by atoms with E-state index in [4.69, 9.17) is 5.11 Å². The topological polar surface area (TPSA) is 66.6 Å². The van der Waals surface area contributed by atoms with Crippen molar-refractivity contribution in [2.45, 2.75) is 6.92 Å². The molecule has 0 unspecified atom stereocenters. The predicted octanol–water partition coefficient (Wildman–Crippen LogP) is 3.58. The van der Waals surface area contributed by atoms with Crippen LogP contribution >= 0.6 is 0 Å². The zero-order valence-electron chi connectivity index (χ0n) is 13.1. The molecule has 5 heteroatoms. The van der Waals surface area contributed by atoms with E-state index < -0.39 is 4.92 Å². The zero-order chi connectivity index (χ0) is 16.7. The van der Waals surface area contributed by atoms with Crippen LogP contribution in [0, 0.1) is 10.1 Å². The monoisotopic (exact) mass is 312 g/mol. The fourth-order valence-electron chi connectivity index (χ4n) is 2.29. The summed E-state index contributed by atoms with van der Waals surface area (Å²) in [5.74, 6) is 0. The molecule has 0 aliphatic rings. The van der Waals surface area contributed by atoms with Crippen molar-refractivity contribution in [1.82, 2.24) is 0 Å². The standard InChI is InChI=1S/C18H20N2O3/c1-2-19(13-14-21)17-9-5-15(6-10-17)3-4-16-7-11-18(12-8-16)20(22)23/h3-12,21H,2,13-14H2,1H3. The van der Waals surface area contributed by atoms with Gasteiger partial charge in [0.15, 0.2) is 0 Å². The highest BCUT2D eigenvalue weighted by Gasteiger charge is 2.03. The first kappa shape index (κ1) is 16.7. The Morgan fingerprint density at radius 2 is 1.57 bits per heavy atom. The normalized spacial score (nSPS) is 10.9. The first-order valence-electron chi connectivity index (χ1n) is 7.52. The van der Waals surface area contributed by atoms with Crippen LogP contribution in [0.1, 0.15) is 18.1 Å². The predicted molar refractivity (Wildman–Crippen MR) is 93.4 cm³/mol. The van der Waals surface area contributed by atoms with E-state index in [1.54, 1.807) is 12.1 Å². The SMILES string of the molecule is CCN(CCO)c1ccc(C=Cc2ccc([N+](=O)[O-])cc2)cc1. The molecule has 23 heavy (non-hydrogen) atoms. The van der Waals surface area contributed by atoms with E-state index in [1.165, 1.54) is 12.1 Å². The smallest absolute Gasteiger partial charge is 0.269 e. The van der Waals surface area contributed by atoms with Gasteiger partial charge in [0.05, 0.1) is 11.5 Å². The molecular formula is C18H20N2O3. The zero-order valence-corrected chi connectivity index (χ0v) is 13.1. The highest BCUT2D eigenvalue weighted by molar-refractivity contribution is 5.71. The van der Waals surface area contributed by atoms with Crippen molar-refractivity contribution < 1.29 is 10.0 Å². The number of rotatable bonds is 7. The van der Waals surface area contributed by atoms with E-state index in [0.717, 1.165) is 23.4 Å². The number of likely N-dealkylation sites (N-methyl/N-ethyl adjacent to an activating group) is 1. The van der Waals surface area contributed by atoms with Crippen LogP contribution in [0.25, 0.3) is 12.2 Å². The van der Waals surface area contributed by atoms with Crippen molar-refractivity contribution >= 4 is 23.5 Å². The Hall–Kier alpha value is -2.66. The molecule has 0 aliphatic heterocycles. The summed E-state index contributed by atoms with van der Waals surface area (Å²) < 4.78 is 0. The molecule has 0 spiro atoms. The lowest BCUT2D eigenvalue weighted by Crippen LogP contribution is -2.25. The van der Waals surface area contributed by atoms with Gasteiger partial charge in [0.2, 0.25) is 0 Å². The van der Waals surface area contributed by atoms with Gasteiger partial charge >= 0.3 is 0 Å². The van der Waals surface area contributed by atoms with Crippen molar-refractivity contribution in [2.24, 2.45) is 0 Å². The second-order valence-electron chi connectivity index (χ2n) is 5.08. The van der Waals surface area contributed by atoms with Crippen molar-refractivity contribution in [1.29, 1.82) is 0 Å². The van der Waals surface area contributed by atoms with Gasteiger partial charge < -0.3 is 10.0 Å². The molecule has 1 N–H and O–H groups in total. The van der Waals surface area contributed by atoms with Gasteiger partial charge in [-0.15, -0.1) is 0 Å². The molecule has 0 heterocycles. The summed E-state index contributed by atoms with van der Waals surface area (Å²) in [6, 6.07) is 14.5. The first-order chi connectivity index (χ1) is 11.1. The van der Waals surface area contributed by atoms with Crippen LogP contribution in [-0.4, -0.2) is 29.7 Å². The van der Waals surface area contributed by atoms with Crippen LogP contribution in [-0.2, 0) is 0 Å². The molecule has 0 saturated carbocycles. The molecule has 2 aromatic rings. The third kappa shape index (κ3) is 4.66. The van der Waals surface area contributed by atoms with Gasteiger partial charge in [-0.1, -0.05) is 24.3 Å². The molecule has 0 radical (unpaired) electrons. The minimum Gasteiger partial charge on any atom is -0.395 e. The number of hydrogen-bond acceptors (Lipinski definition) is 4. The number of non-ortho nitro benzene ring substituents is 1. The van der Waals surface area contributed by atoms with Gasteiger partial charge in [-0.05, 0) is 42.3 Å². The van der Waals surface area contributed by atoms with E-state index in [1.807, 2.05) is 36.4 Å².